The number of carbonyl (C=O) groups is 1. The van der Waals surface area contributed by atoms with Crippen molar-refractivity contribution in [3.05, 3.63) is 42.1 Å². The molecule has 1 N–H and O–H groups in total. The van der Waals surface area contributed by atoms with E-state index in [1.54, 1.807) is 6.20 Å². The van der Waals surface area contributed by atoms with E-state index in [0.29, 0.717) is 6.42 Å². The number of nitrogens with zero attached hydrogens (tertiary/aromatic N) is 2. The van der Waals surface area contributed by atoms with Gasteiger partial charge in [-0.15, -0.1) is 0 Å². The standard InChI is InChI=1S/C15H17N3O/c19-15(18-8-6-16-7-9-18)11-12-3-4-14-13(10-12)2-1-5-17-14/h1-5,10,16H,6-9,11H2. The Bertz CT molecular complexity index is 591. The third kappa shape index (κ3) is 2.74. The number of pyridine rings is 1. The number of benzene rings is 1. The van der Waals surface area contributed by atoms with Crippen LogP contribution in [0.2, 0.25) is 0 Å². The fourth-order valence-electron chi connectivity index (χ4n) is 2.44. The monoisotopic (exact) mass is 255 g/mol. The summed E-state index contributed by atoms with van der Waals surface area (Å²) in [6, 6.07) is 9.99. The highest BCUT2D eigenvalue weighted by molar-refractivity contribution is 5.83. The molecule has 1 fully saturated rings. The van der Waals surface area contributed by atoms with Crippen molar-refractivity contribution in [3.63, 3.8) is 0 Å². The van der Waals surface area contributed by atoms with Crippen molar-refractivity contribution in [1.29, 1.82) is 0 Å². The fraction of sp³-hybridized carbons (Fsp3) is 0.333. The van der Waals surface area contributed by atoms with Crippen LogP contribution in [0.25, 0.3) is 10.9 Å². The normalized spacial score (nSPS) is 15.7. The van der Waals surface area contributed by atoms with Crippen LogP contribution in [0.1, 0.15) is 5.56 Å². The molecule has 1 amide bonds. The molecule has 4 heteroatoms. The fourth-order valence-corrected chi connectivity index (χ4v) is 2.44. The molecule has 0 spiro atoms. The van der Waals surface area contributed by atoms with Gasteiger partial charge in [0.2, 0.25) is 5.91 Å². The number of carbonyl (C=O) groups excluding carboxylic acids is 1. The Morgan fingerprint density at radius 2 is 2.11 bits per heavy atom. The third-order valence-corrected chi connectivity index (χ3v) is 3.49. The smallest absolute Gasteiger partial charge is 0.227 e. The van der Waals surface area contributed by atoms with Gasteiger partial charge in [0.05, 0.1) is 11.9 Å². The first-order chi connectivity index (χ1) is 9.33. The van der Waals surface area contributed by atoms with Crippen molar-refractivity contribution in [2.24, 2.45) is 0 Å². The van der Waals surface area contributed by atoms with Gasteiger partial charge in [-0.25, -0.2) is 0 Å². The average Bonchev–Trinajstić information content (AvgIpc) is 2.48. The number of aromatic nitrogens is 1. The molecule has 0 bridgehead atoms. The minimum absolute atomic E-state index is 0.213. The summed E-state index contributed by atoms with van der Waals surface area (Å²) in [5.41, 5.74) is 2.03. The summed E-state index contributed by atoms with van der Waals surface area (Å²) < 4.78 is 0. The highest BCUT2D eigenvalue weighted by Crippen LogP contribution is 2.14. The van der Waals surface area contributed by atoms with Crippen LogP contribution in [0.4, 0.5) is 0 Å². The Kier molecular flexibility index (Phi) is 3.42. The van der Waals surface area contributed by atoms with E-state index < -0.39 is 0 Å². The second-order valence-electron chi connectivity index (χ2n) is 4.84. The van der Waals surface area contributed by atoms with Gasteiger partial charge in [-0.3, -0.25) is 9.78 Å². The Balaban J connectivity index is 1.75. The van der Waals surface area contributed by atoms with Gasteiger partial charge < -0.3 is 10.2 Å². The topological polar surface area (TPSA) is 45.2 Å². The molecule has 98 valence electrons. The van der Waals surface area contributed by atoms with Crippen molar-refractivity contribution in [2.75, 3.05) is 26.2 Å². The second-order valence-corrected chi connectivity index (χ2v) is 4.84. The van der Waals surface area contributed by atoms with Crippen LogP contribution in [0, 0.1) is 0 Å². The SMILES string of the molecule is O=C(Cc1ccc2ncccc2c1)N1CCNCC1. The van der Waals surface area contributed by atoms with Crippen molar-refractivity contribution >= 4 is 16.8 Å². The Labute approximate surface area is 112 Å². The first-order valence-corrected chi connectivity index (χ1v) is 6.65. The van der Waals surface area contributed by atoms with Gasteiger partial charge in [-0.05, 0) is 23.8 Å². The summed E-state index contributed by atoms with van der Waals surface area (Å²) in [4.78, 5) is 18.4. The molecule has 1 aromatic carbocycles. The lowest BCUT2D eigenvalue weighted by Crippen LogP contribution is -2.46. The molecule has 2 aromatic rings. The maximum Gasteiger partial charge on any atom is 0.227 e. The Morgan fingerprint density at radius 1 is 1.26 bits per heavy atom. The molecule has 1 aromatic heterocycles. The molecule has 0 radical (unpaired) electrons. The van der Waals surface area contributed by atoms with Crippen LogP contribution in [-0.2, 0) is 11.2 Å². The quantitative estimate of drug-likeness (QED) is 0.877. The van der Waals surface area contributed by atoms with Crippen LogP contribution in [0.5, 0.6) is 0 Å². The summed E-state index contributed by atoms with van der Waals surface area (Å²) >= 11 is 0. The molecule has 3 rings (SSSR count). The zero-order valence-electron chi connectivity index (χ0n) is 10.8. The third-order valence-electron chi connectivity index (χ3n) is 3.49. The molecular formula is C15H17N3O. The summed E-state index contributed by atoms with van der Waals surface area (Å²) in [6.45, 7) is 3.42. The number of piperazine rings is 1. The number of amides is 1. The molecule has 1 aliphatic rings. The van der Waals surface area contributed by atoms with Gasteiger partial charge in [0.15, 0.2) is 0 Å². The van der Waals surface area contributed by atoms with Gasteiger partial charge in [0.25, 0.3) is 0 Å². The van der Waals surface area contributed by atoms with E-state index >= 15 is 0 Å². The first-order valence-electron chi connectivity index (χ1n) is 6.65. The molecule has 0 aliphatic carbocycles. The van der Waals surface area contributed by atoms with E-state index in [1.807, 2.05) is 29.2 Å². The number of rotatable bonds is 2. The van der Waals surface area contributed by atoms with Crippen LogP contribution in [0.3, 0.4) is 0 Å². The maximum atomic E-state index is 12.2. The van der Waals surface area contributed by atoms with Crippen LogP contribution in [0.15, 0.2) is 36.5 Å². The van der Waals surface area contributed by atoms with Crippen molar-refractivity contribution in [3.8, 4) is 0 Å². The summed E-state index contributed by atoms with van der Waals surface area (Å²) in [7, 11) is 0. The van der Waals surface area contributed by atoms with Gasteiger partial charge in [0.1, 0.15) is 0 Å². The van der Waals surface area contributed by atoms with Crippen LogP contribution < -0.4 is 5.32 Å². The van der Waals surface area contributed by atoms with Gasteiger partial charge in [0, 0.05) is 37.8 Å². The molecule has 0 saturated carbocycles. The summed E-state index contributed by atoms with van der Waals surface area (Å²) in [5, 5.41) is 4.35. The number of hydrogen-bond donors (Lipinski definition) is 1. The Hall–Kier alpha value is -1.94. The molecule has 19 heavy (non-hydrogen) atoms. The highest BCUT2D eigenvalue weighted by atomic mass is 16.2. The first kappa shape index (κ1) is 12.1. The summed E-state index contributed by atoms with van der Waals surface area (Å²) in [6.07, 6.45) is 2.26. The van der Waals surface area contributed by atoms with Crippen molar-refractivity contribution in [1.82, 2.24) is 15.2 Å². The number of nitrogens with one attached hydrogen (secondary N) is 1. The van der Waals surface area contributed by atoms with Crippen molar-refractivity contribution in [2.45, 2.75) is 6.42 Å². The maximum absolute atomic E-state index is 12.2. The van der Waals surface area contributed by atoms with Crippen molar-refractivity contribution < 1.29 is 4.79 Å². The Morgan fingerprint density at radius 3 is 2.95 bits per heavy atom. The average molecular weight is 255 g/mol. The minimum Gasteiger partial charge on any atom is -0.340 e. The van der Waals surface area contributed by atoms with E-state index in [1.165, 1.54) is 0 Å². The van der Waals surface area contributed by atoms with Gasteiger partial charge in [-0.1, -0.05) is 12.1 Å². The second kappa shape index (κ2) is 5.36. The summed E-state index contributed by atoms with van der Waals surface area (Å²) in [5.74, 6) is 0.213. The lowest BCUT2D eigenvalue weighted by atomic mass is 10.1. The number of fused-ring (bicyclic) bond motifs is 1. The van der Waals surface area contributed by atoms with Crippen LogP contribution in [-0.4, -0.2) is 42.0 Å². The molecular weight excluding hydrogens is 238 g/mol. The predicted octanol–water partition coefficient (Wildman–Crippen LogP) is 1.21. The molecule has 0 unspecified atom stereocenters. The van der Waals surface area contributed by atoms with E-state index in [2.05, 4.69) is 16.4 Å². The highest BCUT2D eigenvalue weighted by Gasteiger charge is 2.16. The van der Waals surface area contributed by atoms with E-state index in [-0.39, 0.29) is 5.91 Å². The molecule has 0 atom stereocenters. The lowest BCUT2D eigenvalue weighted by Gasteiger charge is -2.27. The molecule has 1 saturated heterocycles. The van der Waals surface area contributed by atoms with Crippen LogP contribution >= 0.6 is 0 Å². The largest absolute Gasteiger partial charge is 0.340 e. The zero-order valence-corrected chi connectivity index (χ0v) is 10.8. The number of hydrogen-bond acceptors (Lipinski definition) is 3. The van der Waals surface area contributed by atoms with Gasteiger partial charge in [-0.2, -0.15) is 0 Å². The predicted molar refractivity (Wildman–Crippen MR) is 74.9 cm³/mol. The molecule has 2 heterocycles. The lowest BCUT2D eigenvalue weighted by molar-refractivity contribution is -0.131. The zero-order chi connectivity index (χ0) is 13.1. The minimum atomic E-state index is 0.213. The van der Waals surface area contributed by atoms with E-state index in [9.17, 15) is 4.79 Å². The van der Waals surface area contributed by atoms with Gasteiger partial charge >= 0.3 is 0 Å². The van der Waals surface area contributed by atoms with E-state index in [4.69, 9.17) is 0 Å². The molecule has 1 aliphatic heterocycles. The van der Waals surface area contributed by atoms with E-state index in [0.717, 1.165) is 42.6 Å². The molecule has 4 nitrogen and oxygen atoms in total.